The molecular weight excluding hydrogens is 610 g/mol. The second-order valence-corrected chi connectivity index (χ2v) is 14.1. The van der Waals surface area contributed by atoms with E-state index in [1.807, 2.05) is 61.5 Å². The number of amides is 2. The predicted molar refractivity (Wildman–Crippen MR) is 180 cm³/mol. The number of carbonyl (C=O) groups is 2. The molecule has 8 nitrogen and oxygen atoms in total. The van der Waals surface area contributed by atoms with Crippen LogP contribution in [0, 0.1) is 6.92 Å². The highest BCUT2D eigenvalue weighted by atomic mass is 35.5. The number of nitrogens with zero attached hydrogens (tertiary/aromatic N) is 2. The standard InChI is InChI=1S/C35H44ClN3O5S/c1-26-16-18-28(19-17-26)25-38(32(23-27-11-6-4-7-12-27)35(41)37-29-13-8-5-9-14-29)34(40)15-10-22-39(45(3,42)43)30-20-21-33(44-2)31(36)24-30/h4,6-7,11-12,16-21,24,29,32H,5,8-10,13-15,22-23,25H2,1-3H3,(H,37,41)/t32-/m1/s1. The van der Waals surface area contributed by atoms with Crippen molar-refractivity contribution >= 4 is 39.1 Å². The summed E-state index contributed by atoms with van der Waals surface area (Å²) in [5.41, 5.74) is 3.37. The number of anilines is 1. The van der Waals surface area contributed by atoms with E-state index in [-0.39, 0.29) is 48.8 Å². The van der Waals surface area contributed by atoms with Crippen molar-refractivity contribution in [2.45, 2.75) is 76.9 Å². The molecule has 0 unspecified atom stereocenters. The van der Waals surface area contributed by atoms with Crippen LogP contribution in [0.3, 0.4) is 0 Å². The van der Waals surface area contributed by atoms with Crippen LogP contribution < -0.4 is 14.4 Å². The number of carbonyl (C=O) groups excluding carboxylic acids is 2. The number of ether oxygens (including phenoxy) is 1. The minimum Gasteiger partial charge on any atom is -0.495 e. The van der Waals surface area contributed by atoms with Crippen molar-refractivity contribution in [2.75, 3.05) is 24.2 Å². The molecule has 1 saturated carbocycles. The summed E-state index contributed by atoms with van der Waals surface area (Å²) in [6, 6.07) is 21.8. The lowest BCUT2D eigenvalue weighted by Gasteiger charge is -2.34. The number of hydrogen-bond acceptors (Lipinski definition) is 5. The van der Waals surface area contributed by atoms with Crippen LogP contribution in [0.5, 0.6) is 5.75 Å². The predicted octanol–water partition coefficient (Wildman–Crippen LogP) is 6.29. The second-order valence-electron chi connectivity index (χ2n) is 11.8. The van der Waals surface area contributed by atoms with Crippen LogP contribution >= 0.6 is 11.6 Å². The van der Waals surface area contributed by atoms with Gasteiger partial charge in [-0.3, -0.25) is 13.9 Å². The third-order valence-corrected chi connectivity index (χ3v) is 9.76. The van der Waals surface area contributed by atoms with Gasteiger partial charge in [-0.1, -0.05) is 91.0 Å². The van der Waals surface area contributed by atoms with E-state index in [1.54, 1.807) is 23.1 Å². The number of methoxy groups -OCH3 is 1. The molecule has 1 aliphatic rings. The van der Waals surface area contributed by atoms with Crippen molar-refractivity contribution in [3.05, 3.63) is 94.5 Å². The summed E-state index contributed by atoms with van der Waals surface area (Å²) in [4.78, 5) is 29.7. The third kappa shape index (κ3) is 9.96. The van der Waals surface area contributed by atoms with E-state index in [2.05, 4.69) is 5.32 Å². The Balaban J connectivity index is 1.58. The van der Waals surface area contributed by atoms with E-state index in [1.165, 1.54) is 17.8 Å². The lowest BCUT2D eigenvalue weighted by atomic mass is 9.94. The van der Waals surface area contributed by atoms with Crippen molar-refractivity contribution in [1.82, 2.24) is 10.2 Å². The molecule has 3 aromatic rings. The zero-order valence-electron chi connectivity index (χ0n) is 26.4. The highest BCUT2D eigenvalue weighted by Crippen LogP contribution is 2.30. The number of halogens is 1. The molecule has 1 aliphatic carbocycles. The first-order valence-corrected chi connectivity index (χ1v) is 17.8. The van der Waals surface area contributed by atoms with E-state index >= 15 is 0 Å². The van der Waals surface area contributed by atoms with E-state index in [0.717, 1.165) is 48.6 Å². The maximum Gasteiger partial charge on any atom is 0.243 e. The molecule has 0 aromatic heterocycles. The number of hydrogen-bond donors (Lipinski definition) is 1. The van der Waals surface area contributed by atoms with Gasteiger partial charge in [-0.05, 0) is 55.5 Å². The van der Waals surface area contributed by atoms with Crippen LogP contribution in [0.4, 0.5) is 5.69 Å². The molecule has 0 spiro atoms. The normalized spacial score (nSPS) is 14.4. The maximum atomic E-state index is 14.1. The van der Waals surface area contributed by atoms with Gasteiger partial charge in [0.15, 0.2) is 0 Å². The quantitative estimate of drug-likeness (QED) is 0.221. The summed E-state index contributed by atoms with van der Waals surface area (Å²) in [6.45, 7) is 2.34. The minimum atomic E-state index is -3.67. The molecule has 0 radical (unpaired) electrons. The summed E-state index contributed by atoms with van der Waals surface area (Å²) in [7, 11) is -2.18. The van der Waals surface area contributed by atoms with E-state index in [4.69, 9.17) is 16.3 Å². The Morgan fingerprint density at radius 1 is 0.978 bits per heavy atom. The van der Waals surface area contributed by atoms with Crippen molar-refractivity contribution in [3.8, 4) is 5.75 Å². The number of nitrogens with one attached hydrogen (secondary N) is 1. The van der Waals surface area contributed by atoms with Gasteiger partial charge in [-0.25, -0.2) is 8.42 Å². The van der Waals surface area contributed by atoms with Gasteiger partial charge in [0.25, 0.3) is 0 Å². The summed E-state index contributed by atoms with van der Waals surface area (Å²) < 4.78 is 32.0. The van der Waals surface area contributed by atoms with Crippen LogP contribution in [0.2, 0.25) is 5.02 Å². The summed E-state index contributed by atoms with van der Waals surface area (Å²) in [6.07, 6.45) is 7.02. The first kappa shape index (κ1) is 34.3. The fraction of sp³-hybridized carbons (Fsp3) is 0.429. The van der Waals surface area contributed by atoms with Gasteiger partial charge in [-0.15, -0.1) is 0 Å². The number of benzene rings is 3. The maximum absolute atomic E-state index is 14.1. The van der Waals surface area contributed by atoms with Gasteiger partial charge in [0, 0.05) is 32.0 Å². The summed E-state index contributed by atoms with van der Waals surface area (Å²) >= 11 is 6.29. The van der Waals surface area contributed by atoms with Crippen LogP contribution in [0.1, 0.15) is 61.6 Å². The SMILES string of the molecule is COc1ccc(N(CCCC(=O)N(Cc2ccc(C)cc2)[C@H](Cc2ccccc2)C(=O)NC2CCCCC2)S(C)(=O)=O)cc1Cl. The number of sulfonamides is 1. The second kappa shape index (κ2) is 16.1. The van der Waals surface area contributed by atoms with Crippen molar-refractivity contribution in [3.63, 3.8) is 0 Å². The van der Waals surface area contributed by atoms with E-state index in [0.29, 0.717) is 17.9 Å². The summed E-state index contributed by atoms with van der Waals surface area (Å²) in [5, 5.41) is 3.55. The monoisotopic (exact) mass is 653 g/mol. The molecule has 1 atom stereocenters. The summed E-state index contributed by atoms with van der Waals surface area (Å²) in [5.74, 6) is 0.0696. The fourth-order valence-electron chi connectivity index (χ4n) is 5.80. The molecule has 10 heteroatoms. The molecule has 1 fully saturated rings. The average Bonchev–Trinajstić information content (AvgIpc) is 3.02. The highest BCUT2D eigenvalue weighted by molar-refractivity contribution is 7.92. The lowest BCUT2D eigenvalue weighted by Crippen LogP contribution is -2.52. The van der Waals surface area contributed by atoms with Crippen LogP contribution in [0.15, 0.2) is 72.8 Å². The van der Waals surface area contributed by atoms with E-state index < -0.39 is 16.1 Å². The zero-order valence-corrected chi connectivity index (χ0v) is 27.9. The van der Waals surface area contributed by atoms with Crippen molar-refractivity contribution in [2.24, 2.45) is 0 Å². The molecule has 242 valence electrons. The minimum absolute atomic E-state index is 0.0593. The van der Waals surface area contributed by atoms with Crippen LogP contribution in [-0.4, -0.2) is 57.1 Å². The smallest absolute Gasteiger partial charge is 0.243 e. The molecular formula is C35H44ClN3O5S. The van der Waals surface area contributed by atoms with Crippen molar-refractivity contribution in [1.29, 1.82) is 0 Å². The molecule has 0 heterocycles. The van der Waals surface area contributed by atoms with Gasteiger partial charge in [0.05, 0.1) is 24.1 Å². The third-order valence-electron chi connectivity index (χ3n) is 8.27. The lowest BCUT2D eigenvalue weighted by molar-refractivity contribution is -0.141. The topological polar surface area (TPSA) is 96.0 Å². The Bertz CT molecular complexity index is 1530. The highest BCUT2D eigenvalue weighted by Gasteiger charge is 2.32. The van der Waals surface area contributed by atoms with Gasteiger partial charge < -0.3 is 15.0 Å². The Labute approximate surface area is 272 Å². The molecule has 2 amide bonds. The molecule has 3 aromatic carbocycles. The van der Waals surface area contributed by atoms with Gasteiger partial charge >= 0.3 is 0 Å². The molecule has 45 heavy (non-hydrogen) atoms. The Hall–Kier alpha value is -3.56. The first-order valence-electron chi connectivity index (χ1n) is 15.6. The Morgan fingerprint density at radius 3 is 2.29 bits per heavy atom. The zero-order chi connectivity index (χ0) is 32.4. The van der Waals surface area contributed by atoms with Crippen molar-refractivity contribution < 1.29 is 22.7 Å². The Kier molecular flexibility index (Phi) is 12.3. The first-order chi connectivity index (χ1) is 21.5. The van der Waals surface area contributed by atoms with Gasteiger partial charge in [0.2, 0.25) is 21.8 Å². The van der Waals surface area contributed by atoms with Gasteiger partial charge in [-0.2, -0.15) is 0 Å². The Morgan fingerprint density at radius 2 is 1.67 bits per heavy atom. The number of rotatable bonds is 14. The molecule has 0 aliphatic heterocycles. The molecule has 1 N–H and O–H groups in total. The van der Waals surface area contributed by atoms with Crippen LogP contribution in [-0.2, 0) is 32.6 Å². The fourth-order valence-corrected chi connectivity index (χ4v) is 7.01. The number of aryl methyl sites for hydroxylation is 1. The average molecular weight is 654 g/mol. The van der Waals surface area contributed by atoms with Crippen LogP contribution in [0.25, 0.3) is 0 Å². The van der Waals surface area contributed by atoms with E-state index in [9.17, 15) is 18.0 Å². The molecule has 0 saturated heterocycles. The van der Waals surface area contributed by atoms with Gasteiger partial charge in [0.1, 0.15) is 11.8 Å². The molecule has 4 rings (SSSR count). The largest absolute Gasteiger partial charge is 0.495 e. The molecule has 0 bridgehead atoms.